The van der Waals surface area contributed by atoms with Gasteiger partial charge in [-0.15, -0.1) is 11.3 Å². The largest absolute Gasteiger partial charge is 0.268 e. The number of halogens is 2. The van der Waals surface area contributed by atoms with Crippen LogP contribution in [0.4, 0.5) is 0 Å². The number of aromatic nitrogens is 2. The van der Waals surface area contributed by atoms with Crippen LogP contribution in [0.5, 0.6) is 0 Å². The molecule has 0 N–H and O–H groups in total. The van der Waals surface area contributed by atoms with Gasteiger partial charge in [0.05, 0.1) is 11.1 Å². The summed E-state index contributed by atoms with van der Waals surface area (Å²) in [5.74, 6) is 0.665. The second-order valence-electron chi connectivity index (χ2n) is 7.01. The van der Waals surface area contributed by atoms with Gasteiger partial charge in [-0.1, -0.05) is 60.4 Å². The van der Waals surface area contributed by atoms with E-state index in [0.29, 0.717) is 26.3 Å². The van der Waals surface area contributed by atoms with Crippen molar-refractivity contribution in [1.29, 1.82) is 0 Å². The molecule has 2 heterocycles. The summed E-state index contributed by atoms with van der Waals surface area (Å²) in [5.41, 5.74) is 2.85. The Morgan fingerprint density at radius 2 is 1.87 bits per heavy atom. The highest BCUT2D eigenvalue weighted by Gasteiger charge is 2.19. The fourth-order valence-electron chi connectivity index (χ4n) is 3.37. The molecule has 0 amide bonds. The van der Waals surface area contributed by atoms with Crippen LogP contribution in [0.1, 0.15) is 29.3 Å². The fourth-order valence-corrected chi connectivity index (χ4v) is 5.98. The minimum absolute atomic E-state index is 0.0352. The first-order valence-electron chi connectivity index (χ1n) is 9.66. The normalized spacial score (nSPS) is 11.3. The van der Waals surface area contributed by atoms with E-state index in [1.54, 1.807) is 28.0 Å². The Kier molecular flexibility index (Phi) is 6.54. The molecule has 0 aliphatic carbocycles. The first-order valence-corrected chi connectivity index (χ1v) is 12.2. The second-order valence-corrected chi connectivity index (χ2v) is 9.91. The van der Waals surface area contributed by atoms with Crippen LogP contribution >= 0.6 is 46.3 Å². The van der Waals surface area contributed by atoms with Crippen molar-refractivity contribution in [3.05, 3.63) is 84.9 Å². The van der Waals surface area contributed by atoms with E-state index in [4.69, 9.17) is 28.2 Å². The van der Waals surface area contributed by atoms with E-state index in [2.05, 4.69) is 6.92 Å². The van der Waals surface area contributed by atoms with E-state index in [9.17, 15) is 4.79 Å². The minimum atomic E-state index is -0.0352. The average molecular weight is 475 g/mol. The molecule has 0 unspecified atom stereocenters. The molecule has 2 aromatic heterocycles. The summed E-state index contributed by atoms with van der Waals surface area (Å²) in [5, 5.41) is 2.71. The van der Waals surface area contributed by atoms with Crippen LogP contribution in [0.3, 0.4) is 0 Å². The molecule has 0 bridgehead atoms. The van der Waals surface area contributed by atoms with Gasteiger partial charge in [-0.25, -0.2) is 4.98 Å². The highest BCUT2D eigenvalue weighted by Crippen LogP contribution is 2.32. The third-order valence-electron chi connectivity index (χ3n) is 4.85. The Labute approximate surface area is 193 Å². The van der Waals surface area contributed by atoms with Gasteiger partial charge in [0.1, 0.15) is 4.83 Å². The maximum Gasteiger partial charge on any atom is 0.267 e. The van der Waals surface area contributed by atoms with Crippen molar-refractivity contribution in [3.63, 3.8) is 0 Å². The first kappa shape index (κ1) is 21.4. The summed E-state index contributed by atoms with van der Waals surface area (Å²) in [4.78, 5) is 20.6. The van der Waals surface area contributed by atoms with Gasteiger partial charge in [0.2, 0.25) is 0 Å². The number of fused-ring (bicyclic) bond motifs is 1. The molecule has 0 fully saturated rings. The monoisotopic (exact) mass is 474 g/mol. The standard InChI is InChI=1S/C23H20Cl2N2OS2/c1-3-5-19-14(2)20-21(30-19)26-23(29-13-15-6-4-7-17(25)12-15)27(22(20)28)18-10-8-16(24)9-11-18/h4,6-12H,3,5,13H2,1-2H3. The molecular weight excluding hydrogens is 455 g/mol. The van der Waals surface area contributed by atoms with Crippen molar-refractivity contribution in [1.82, 2.24) is 9.55 Å². The number of thiophene rings is 1. The Balaban J connectivity index is 1.86. The summed E-state index contributed by atoms with van der Waals surface area (Å²) < 4.78 is 1.70. The summed E-state index contributed by atoms with van der Waals surface area (Å²) >= 11 is 15.4. The SMILES string of the molecule is CCCc1sc2nc(SCc3cccc(Cl)c3)n(-c3ccc(Cl)cc3)c(=O)c2c1C. The highest BCUT2D eigenvalue weighted by atomic mass is 35.5. The van der Waals surface area contributed by atoms with Crippen LogP contribution in [0.15, 0.2) is 58.5 Å². The van der Waals surface area contributed by atoms with Crippen molar-refractivity contribution in [2.45, 2.75) is 37.6 Å². The molecule has 0 aliphatic rings. The molecule has 154 valence electrons. The van der Waals surface area contributed by atoms with E-state index >= 15 is 0 Å². The third-order valence-corrected chi connectivity index (χ3v) is 7.59. The molecule has 0 spiro atoms. The van der Waals surface area contributed by atoms with Crippen LogP contribution in [-0.4, -0.2) is 9.55 Å². The Hall–Kier alpha value is -1.79. The number of thioether (sulfide) groups is 1. The quantitative estimate of drug-likeness (QED) is 0.217. The van der Waals surface area contributed by atoms with Gasteiger partial charge in [-0.2, -0.15) is 0 Å². The predicted molar refractivity (Wildman–Crippen MR) is 130 cm³/mol. The lowest BCUT2D eigenvalue weighted by atomic mass is 10.1. The average Bonchev–Trinajstić information content (AvgIpc) is 3.03. The Bertz CT molecular complexity index is 1260. The predicted octanol–water partition coefficient (Wildman–Crippen LogP) is 7.31. The van der Waals surface area contributed by atoms with Gasteiger partial charge in [-0.05, 0) is 60.9 Å². The van der Waals surface area contributed by atoms with E-state index < -0.39 is 0 Å². The molecular formula is C23H20Cl2N2OS2. The molecule has 4 rings (SSSR count). The summed E-state index contributed by atoms with van der Waals surface area (Å²) in [6.07, 6.45) is 1.99. The van der Waals surface area contributed by atoms with Crippen molar-refractivity contribution in [2.75, 3.05) is 0 Å². The van der Waals surface area contributed by atoms with Gasteiger partial charge in [0.25, 0.3) is 5.56 Å². The van der Waals surface area contributed by atoms with Crippen LogP contribution in [0.25, 0.3) is 15.9 Å². The molecule has 0 atom stereocenters. The highest BCUT2D eigenvalue weighted by molar-refractivity contribution is 7.98. The summed E-state index contributed by atoms with van der Waals surface area (Å²) in [6, 6.07) is 15.0. The van der Waals surface area contributed by atoms with Crippen LogP contribution in [0, 0.1) is 6.92 Å². The summed E-state index contributed by atoms with van der Waals surface area (Å²) in [7, 11) is 0. The zero-order chi connectivity index (χ0) is 21.3. The smallest absolute Gasteiger partial charge is 0.267 e. The Morgan fingerprint density at radius 1 is 1.10 bits per heavy atom. The number of hydrogen-bond acceptors (Lipinski definition) is 4. The number of hydrogen-bond donors (Lipinski definition) is 0. The fraction of sp³-hybridized carbons (Fsp3) is 0.217. The molecule has 0 aliphatic heterocycles. The van der Waals surface area contributed by atoms with Gasteiger partial charge in [0.15, 0.2) is 5.16 Å². The van der Waals surface area contributed by atoms with Gasteiger partial charge < -0.3 is 0 Å². The lowest BCUT2D eigenvalue weighted by molar-refractivity contribution is 0.821. The summed E-state index contributed by atoms with van der Waals surface area (Å²) in [6.45, 7) is 4.17. The first-order chi connectivity index (χ1) is 14.5. The van der Waals surface area contributed by atoms with E-state index in [1.165, 1.54) is 16.6 Å². The van der Waals surface area contributed by atoms with Crippen LogP contribution < -0.4 is 5.56 Å². The van der Waals surface area contributed by atoms with Gasteiger partial charge >= 0.3 is 0 Å². The molecule has 0 saturated heterocycles. The van der Waals surface area contributed by atoms with E-state index in [1.807, 2.05) is 43.3 Å². The number of rotatable bonds is 6. The van der Waals surface area contributed by atoms with Crippen molar-refractivity contribution < 1.29 is 0 Å². The Morgan fingerprint density at radius 3 is 2.57 bits per heavy atom. The maximum absolute atomic E-state index is 13.6. The second kappa shape index (κ2) is 9.15. The molecule has 7 heteroatoms. The molecule has 3 nitrogen and oxygen atoms in total. The van der Waals surface area contributed by atoms with Crippen molar-refractivity contribution in [3.8, 4) is 5.69 Å². The number of aryl methyl sites for hydroxylation is 2. The topological polar surface area (TPSA) is 34.9 Å². The van der Waals surface area contributed by atoms with Gasteiger partial charge in [0, 0.05) is 20.7 Å². The molecule has 2 aromatic carbocycles. The van der Waals surface area contributed by atoms with E-state index in [0.717, 1.165) is 34.5 Å². The van der Waals surface area contributed by atoms with Gasteiger partial charge in [-0.3, -0.25) is 9.36 Å². The van der Waals surface area contributed by atoms with Crippen molar-refractivity contribution in [2.24, 2.45) is 0 Å². The number of nitrogens with zero attached hydrogens (tertiary/aromatic N) is 2. The minimum Gasteiger partial charge on any atom is -0.268 e. The molecule has 0 radical (unpaired) electrons. The lowest BCUT2D eigenvalue weighted by Gasteiger charge is -2.12. The van der Waals surface area contributed by atoms with Crippen LogP contribution in [-0.2, 0) is 12.2 Å². The zero-order valence-corrected chi connectivity index (χ0v) is 19.8. The van der Waals surface area contributed by atoms with E-state index in [-0.39, 0.29) is 5.56 Å². The molecule has 4 aromatic rings. The zero-order valence-electron chi connectivity index (χ0n) is 16.6. The lowest BCUT2D eigenvalue weighted by Crippen LogP contribution is -2.21. The van der Waals surface area contributed by atoms with Crippen molar-refractivity contribution >= 4 is 56.5 Å². The maximum atomic E-state index is 13.6. The molecule has 30 heavy (non-hydrogen) atoms. The third kappa shape index (κ3) is 4.30. The molecule has 0 saturated carbocycles. The van der Waals surface area contributed by atoms with Crippen LogP contribution in [0.2, 0.25) is 10.0 Å². The number of benzene rings is 2.